The molecule has 0 spiro atoms. The topological polar surface area (TPSA) is 52.6 Å². The Morgan fingerprint density at radius 2 is 1.85 bits per heavy atom. The van der Waals surface area contributed by atoms with Crippen LogP contribution in [-0.2, 0) is 4.79 Å². The number of nitrogens with zero attached hydrogens (tertiary/aromatic N) is 5. The lowest BCUT2D eigenvalue weighted by Gasteiger charge is -2.39. The molecule has 1 amide bonds. The summed E-state index contributed by atoms with van der Waals surface area (Å²) in [5, 5.41) is 0. The van der Waals surface area contributed by atoms with E-state index in [4.69, 9.17) is 0 Å². The summed E-state index contributed by atoms with van der Waals surface area (Å²) in [6.45, 7) is 8.26. The smallest absolute Gasteiger partial charge is 0.238 e. The number of para-hydroxylation sites is 1. The first-order valence-electron chi connectivity index (χ1n) is 8.92. The van der Waals surface area contributed by atoms with Gasteiger partial charge in [-0.3, -0.25) is 14.6 Å². The van der Waals surface area contributed by atoms with Gasteiger partial charge >= 0.3 is 0 Å². The van der Waals surface area contributed by atoms with Crippen LogP contribution in [0.2, 0.25) is 0 Å². The Bertz CT molecular complexity index is 799. The lowest BCUT2D eigenvalue weighted by molar-refractivity contribution is -0.116. The molecule has 0 bridgehead atoms. The maximum atomic E-state index is 12.4. The van der Waals surface area contributed by atoms with E-state index in [9.17, 15) is 4.79 Å². The van der Waals surface area contributed by atoms with E-state index in [0.717, 1.165) is 49.2 Å². The average Bonchev–Trinajstić information content (AvgIpc) is 2.64. The van der Waals surface area contributed by atoms with Crippen LogP contribution in [0, 0.1) is 13.8 Å². The minimum Gasteiger partial charge on any atom is -0.354 e. The van der Waals surface area contributed by atoms with Crippen LogP contribution in [-0.4, -0.2) is 59.4 Å². The molecule has 2 aliphatic rings. The number of aryl methyl sites for hydroxylation is 2. The molecule has 1 saturated heterocycles. The van der Waals surface area contributed by atoms with Gasteiger partial charge < -0.3 is 4.90 Å². The molecule has 136 valence electrons. The first-order chi connectivity index (χ1) is 12.6. The summed E-state index contributed by atoms with van der Waals surface area (Å²) in [6.07, 6.45) is 0. The first kappa shape index (κ1) is 17.3. The summed E-state index contributed by atoms with van der Waals surface area (Å²) in [5.74, 6) is 2.54. The molecule has 26 heavy (non-hydrogen) atoms. The molecule has 6 nitrogen and oxygen atoms in total. The fraction of sp³-hybridized carbons (Fsp3) is 0.421. The molecule has 0 aliphatic carbocycles. The molecule has 1 aromatic carbocycles. The number of piperazine rings is 1. The van der Waals surface area contributed by atoms with Gasteiger partial charge in [0.05, 0.1) is 18.1 Å². The van der Waals surface area contributed by atoms with Crippen molar-refractivity contribution in [1.82, 2.24) is 14.9 Å². The Morgan fingerprint density at radius 1 is 1.08 bits per heavy atom. The van der Waals surface area contributed by atoms with Gasteiger partial charge in [0.1, 0.15) is 11.6 Å². The van der Waals surface area contributed by atoms with Crippen molar-refractivity contribution in [3.63, 3.8) is 0 Å². The molecular weight excluding hydrogens is 346 g/mol. The average molecular weight is 369 g/mol. The van der Waals surface area contributed by atoms with Crippen LogP contribution in [0.1, 0.15) is 11.5 Å². The lowest BCUT2D eigenvalue weighted by Crippen LogP contribution is -2.52. The number of carbonyl (C=O) groups excluding carboxylic acids is 1. The maximum absolute atomic E-state index is 12.4. The summed E-state index contributed by atoms with van der Waals surface area (Å²) >= 11 is 1.63. The quantitative estimate of drug-likeness (QED) is 0.828. The third-order valence-electron chi connectivity index (χ3n) is 4.80. The fourth-order valence-electron chi connectivity index (χ4n) is 3.49. The van der Waals surface area contributed by atoms with E-state index in [1.165, 1.54) is 4.90 Å². The number of fused-ring (bicyclic) bond motifs is 1. The predicted octanol–water partition coefficient (Wildman–Crippen LogP) is 2.31. The van der Waals surface area contributed by atoms with Crippen molar-refractivity contribution >= 4 is 29.2 Å². The molecule has 0 atom stereocenters. The molecule has 4 rings (SSSR count). The van der Waals surface area contributed by atoms with Crippen molar-refractivity contribution in [3.8, 4) is 0 Å². The molecular formula is C19H23N5OS. The second kappa shape index (κ2) is 7.25. The zero-order valence-corrected chi connectivity index (χ0v) is 16.0. The molecule has 3 heterocycles. The van der Waals surface area contributed by atoms with Gasteiger partial charge in [-0.1, -0.05) is 12.1 Å². The highest BCUT2D eigenvalue weighted by molar-refractivity contribution is 8.00. The van der Waals surface area contributed by atoms with Gasteiger partial charge in [-0.05, 0) is 26.0 Å². The predicted molar refractivity (Wildman–Crippen MR) is 105 cm³/mol. The van der Waals surface area contributed by atoms with Crippen molar-refractivity contribution in [1.29, 1.82) is 0 Å². The van der Waals surface area contributed by atoms with E-state index in [-0.39, 0.29) is 5.91 Å². The SMILES string of the molecule is Cc1cc(N2CCN(CN3C(=O)CSc4ccccc43)CC2)nc(C)n1. The van der Waals surface area contributed by atoms with E-state index >= 15 is 0 Å². The number of rotatable bonds is 3. The summed E-state index contributed by atoms with van der Waals surface area (Å²) in [4.78, 5) is 29.1. The van der Waals surface area contributed by atoms with E-state index in [1.54, 1.807) is 11.8 Å². The fourth-order valence-corrected chi connectivity index (χ4v) is 4.42. The summed E-state index contributed by atoms with van der Waals surface area (Å²) in [7, 11) is 0. The zero-order chi connectivity index (χ0) is 18.1. The molecule has 7 heteroatoms. The van der Waals surface area contributed by atoms with Gasteiger partial charge in [0.2, 0.25) is 5.91 Å². The minimum absolute atomic E-state index is 0.193. The van der Waals surface area contributed by atoms with Crippen LogP contribution >= 0.6 is 11.8 Å². The molecule has 2 aromatic rings. The highest BCUT2D eigenvalue weighted by atomic mass is 32.2. The second-order valence-corrected chi connectivity index (χ2v) is 7.76. The third kappa shape index (κ3) is 3.54. The van der Waals surface area contributed by atoms with Crippen LogP contribution in [0.5, 0.6) is 0 Å². The van der Waals surface area contributed by atoms with Gasteiger partial charge in [-0.2, -0.15) is 0 Å². The van der Waals surface area contributed by atoms with Gasteiger partial charge in [-0.25, -0.2) is 9.97 Å². The van der Waals surface area contributed by atoms with E-state index < -0.39 is 0 Å². The summed E-state index contributed by atoms with van der Waals surface area (Å²) in [5.41, 5.74) is 2.04. The van der Waals surface area contributed by atoms with Crippen molar-refractivity contribution in [3.05, 3.63) is 41.9 Å². The molecule has 1 aromatic heterocycles. The van der Waals surface area contributed by atoms with Crippen molar-refractivity contribution in [2.75, 3.05) is 48.4 Å². The molecule has 2 aliphatic heterocycles. The second-order valence-electron chi connectivity index (χ2n) is 6.74. The number of amides is 1. The number of aromatic nitrogens is 2. The van der Waals surface area contributed by atoms with Gasteiger partial charge in [0.25, 0.3) is 0 Å². The van der Waals surface area contributed by atoms with Crippen LogP contribution in [0.25, 0.3) is 0 Å². The van der Waals surface area contributed by atoms with Crippen molar-refractivity contribution in [2.45, 2.75) is 18.7 Å². The van der Waals surface area contributed by atoms with Crippen LogP contribution in [0.3, 0.4) is 0 Å². The Morgan fingerprint density at radius 3 is 2.62 bits per heavy atom. The van der Waals surface area contributed by atoms with Gasteiger partial charge in [-0.15, -0.1) is 11.8 Å². The Balaban J connectivity index is 1.42. The highest BCUT2D eigenvalue weighted by Gasteiger charge is 2.27. The maximum Gasteiger partial charge on any atom is 0.238 e. The number of benzene rings is 1. The largest absolute Gasteiger partial charge is 0.354 e. The highest BCUT2D eigenvalue weighted by Crippen LogP contribution is 2.35. The van der Waals surface area contributed by atoms with Crippen LogP contribution in [0.4, 0.5) is 11.5 Å². The van der Waals surface area contributed by atoms with Crippen LogP contribution < -0.4 is 9.80 Å². The monoisotopic (exact) mass is 369 g/mol. The third-order valence-corrected chi connectivity index (χ3v) is 5.85. The molecule has 0 radical (unpaired) electrons. The molecule has 0 unspecified atom stereocenters. The van der Waals surface area contributed by atoms with Crippen LogP contribution in [0.15, 0.2) is 35.2 Å². The Kier molecular flexibility index (Phi) is 4.82. The zero-order valence-electron chi connectivity index (χ0n) is 15.2. The summed E-state index contributed by atoms with van der Waals surface area (Å²) < 4.78 is 0. The number of hydrogen-bond donors (Lipinski definition) is 0. The Labute approximate surface area is 158 Å². The van der Waals surface area contributed by atoms with E-state index in [1.807, 2.05) is 43.0 Å². The van der Waals surface area contributed by atoms with E-state index in [0.29, 0.717) is 12.4 Å². The van der Waals surface area contributed by atoms with Crippen molar-refractivity contribution < 1.29 is 4.79 Å². The molecule has 0 saturated carbocycles. The van der Waals surface area contributed by atoms with Gasteiger partial charge in [0.15, 0.2) is 0 Å². The van der Waals surface area contributed by atoms with Gasteiger partial charge in [0, 0.05) is 42.8 Å². The summed E-state index contributed by atoms with van der Waals surface area (Å²) in [6, 6.07) is 10.2. The molecule has 0 N–H and O–H groups in total. The molecule has 1 fully saturated rings. The standard InChI is InChI=1S/C19H23N5OS/c1-14-11-18(21-15(2)20-14)23-9-7-22(8-10-23)13-24-16-5-3-4-6-17(16)26-12-19(24)25/h3-6,11H,7-10,12-13H2,1-2H3. The number of hydrogen-bond acceptors (Lipinski definition) is 6. The minimum atomic E-state index is 0.193. The lowest BCUT2D eigenvalue weighted by atomic mass is 10.2. The number of thioether (sulfide) groups is 1. The normalized spacial score (nSPS) is 18.2. The first-order valence-corrected chi connectivity index (χ1v) is 9.90. The van der Waals surface area contributed by atoms with Crippen molar-refractivity contribution in [2.24, 2.45) is 0 Å². The number of anilines is 2. The Hall–Kier alpha value is -2.12. The number of carbonyl (C=O) groups is 1. The van der Waals surface area contributed by atoms with E-state index in [2.05, 4.69) is 25.8 Å².